The van der Waals surface area contributed by atoms with Gasteiger partial charge in [-0.05, 0) is 50.6 Å². The molecule has 0 heterocycles. The van der Waals surface area contributed by atoms with E-state index in [0.29, 0.717) is 11.6 Å². The van der Waals surface area contributed by atoms with E-state index in [4.69, 9.17) is 11.6 Å². The highest BCUT2D eigenvalue weighted by molar-refractivity contribution is 6.31. The van der Waals surface area contributed by atoms with E-state index >= 15 is 0 Å². The molecule has 0 atom stereocenters. The molecule has 106 valence electrons. The first-order chi connectivity index (χ1) is 9.08. The molecule has 0 aliphatic carbocycles. The monoisotopic (exact) mass is 282 g/mol. The number of carbonyl (C=O) groups excluding carboxylic acids is 1. The number of nitrogens with one attached hydrogen (secondary N) is 1. The summed E-state index contributed by atoms with van der Waals surface area (Å²) in [6, 6.07) is 5.55. The van der Waals surface area contributed by atoms with Gasteiger partial charge < -0.3 is 5.32 Å². The summed E-state index contributed by atoms with van der Waals surface area (Å²) in [7, 11) is 0. The van der Waals surface area contributed by atoms with Crippen LogP contribution in [0.5, 0.6) is 0 Å². The maximum absolute atomic E-state index is 12.0. The number of halogens is 1. The Labute approximate surface area is 120 Å². The zero-order valence-electron chi connectivity index (χ0n) is 12.0. The predicted octanol–water partition coefficient (Wildman–Crippen LogP) is 3.71. The van der Waals surface area contributed by atoms with Crippen molar-refractivity contribution in [1.82, 2.24) is 4.90 Å². The summed E-state index contributed by atoms with van der Waals surface area (Å²) in [4.78, 5) is 14.2. The average molecular weight is 283 g/mol. The van der Waals surface area contributed by atoms with Crippen molar-refractivity contribution < 1.29 is 4.79 Å². The van der Waals surface area contributed by atoms with E-state index in [2.05, 4.69) is 24.1 Å². The lowest BCUT2D eigenvalue weighted by atomic mass is 10.2. The van der Waals surface area contributed by atoms with Crippen LogP contribution in [-0.2, 0) is 4.79 Å². The van der Waals surface area contributed by atoms with Gasteiger partial charge in [0.2, 0.25) is 5.91 Å². The van der Waals surface area contributed by atoms with Crippen LogP contribution >= 0.6 is 11.6 Å². The number of amides is 1. The molecule has 0 aliphatic rings. The predicted molar refractivity (Wildman–Crippen MR) is 81.8 cm³/mol. The van der Waals surface area contributed by atoms with Crippen LogP contribution in [-0.4, -0.2) is 30.4 Å². The molecular weight excluding hydrogens is 260 g/mol. The Hall–Kier alpha value is -1.06. The highest BCUT2D eigenvalue weighted by Gasteiger charge is 2.11. The number of nitrogens with zero attached hydrogens (tertiary/aromatic N) is 1. The van der Waals surface area contributed by atoms with Gasteiger partial charge >= 0.3 is 0 Å². The molecule has 1 rings (SSSR count). The van der Waals surface area contributed by atoms with Crippen LogP contribution in [0, 0.1) is 6.92 Å². The van der Waals surface area contributed by atoms with Crippen molar-refractivity contribution in [3.8, 4) is 0 Å². The van der Waals surface area contributed by atoms with Crippen molar-refractivity contribution in [2.24, 2.45) is 0 Å². The van der Waals surface area contributed by atoms with Crippen molar-refractivity contribution in [3.63, 3.8) is 0 Å². The van der Waals surface area contributed by atoms with Crippen LogP contribution in [0.25, 0.3) is 0 Å². The smallest absolute Gasteiger partial charge is 0.238 e. The maximum Gasteiger partial charge on any atom is 0.238 e. The summed E-state index contributed by atoms with van der Waals surface area (Å²) >= 11 is 6.04. The van der Waals surface area contributed by atoms with Crippen LogP contribution in [0.4, 0.5) is 5.69 Å². The molecule has 0 unspecified atom stereocenters. The Morgan fingerprint density at radius 3 is 2.47 bits per heavy atom. The molecular formula is C15H23ClN2O. The van der Waals surface area contributed by atoms with E-state index in [-0.39, 0.29) is 5.91 Å². The fraction of sp³-hybridized carbons (Fsp3) is 0.533. The minimum absolute atomic E-state index is 0.0206. The summed E-state index contributed by atoms with van der Waals surface area (Å²) in [5.41, 5.74) is 1.71. The summed E-state index contributed by atoms with van der Waals surface area (Å²) < 4.78 is 0. The molecule has 0 bridgehead atoms. The third kappa shape index (κ3) is 5.21. The molecule has 3 nitrogen and oxygen atoms in total. The number of benzene rings is 1. The Morgan fingerprint density at radius 1 is 1.26 bits per heavy atom. The zero-order valence-corrected chi connectivity index (χ0v) is 12.8. The van der Waals surface area contributed by atoms with Crippen LogP contribution in [0.15, 0.2) is 18.2 Å². The molecule has 0 saturated carbocycles. The largest absolute Gasteiger partial charge is 0.325 e. The van der Waals surface area contributed by atoms with Gasteiger partial charge in [0, 0.05) is 10.7 Å². The van der Waals surface area contributed by atoms with Crippen molar-refractivity contribution >= 4 is 23.2 Å². The van der Waals surface area contributed by atoms with Gasteiger partial charge in [-0.3, -0.25) is 9.69 Å². The van der Waals surface area contributed by atoms with Gasteiger partial charge in [0.25, 0.3) is 0 Å². The summed E-state index contributed by atoms with van der Waals surface area (Å²) in [6.45, 7) is 8.51. The van der Waals surface area contributed by atoms with Gasteiger partial charge in [-0.1, -0.05) is 31.5 Å². The molecule has 0 fully saturated rings. The van der Waals surface area contributed by atoms with Crippen LogP contribution in [0.3, 0.4) is 0 Å². The third-order valence-electron chi connectivity index (χ3n) is 2.99. The maximum atomic E-state index is 12.0. The van der Waals surface area contributed by atoms with E-state index in [1.807, 2.05) is 25.1 Å². The number of hydrogen-bond acceptors (Lipinski definition) is 2. The molecule has 1 aromatic rings. The summed E-state index contributed by atoms with van der Waals surface area (Å²) in [5.74, 6) is 0.0206. The molecule has 1 amide bonds. The van der Waals surface area contributed by atoms with Gasteiger partial charge in [0.05, 0.1) is 6.54 Å². The van der Waals surface area contributed by atoms with Gasteiger partial charge in [-0.15, -0.1) is 0 Å². The Balaban J connectivity index is 2.61. The molecule has 0 aromatic heterocycles. The van der Waals surface area contributed by atoms with Crippen molar-refractivity contribution in [3.05, 3.63) is 28.8 Å². The molecule has 0 spiro atoms. The lowest BCUT2D eigenvalue weighted by molar-refractivity contribution is -0.117. The van der Waals surface area contributed by atoms with Crippen molar-refractivity contribution in [2.75, 3.05) is 25.0 Å². The summed E-state index contributed by atoms with van der Waals surface area (Å²) in [5, 5.41) is 3.61. The highest BCUT2D eigenvalue weighted by Crippen LogP contribution is 2.22. The summed E-state index contributed by atoms with van der Waals surface area (Å²) in [6.07, 6.45) is 2.12. The van der Waals surface area contributed by atoms with Gasteiger partial charge in [0.1, 0.15) is 0 Å². The molecule has 1 N–H and O–H groups in total. The highest BCUT2D eigenvalue weighted by atomic mass is 35.5. The van der Waals surface area contributed by atoms with Gasteiger partial charge in [-0.25, -0.2) is 0 Å². The quantitative estimate of drug-likeness (QED) is 0.827. The fourth-order valence-electron chi connectivity index (χ4n) is 2.04. The minimum atomic E-state index is 0.0206. The first-order valence-corrected chi connectivity index (χ1v) is 7.23. The van der Waals surface area contributed by atoms with Crippen LogP contribution in [0.1, 0.15) is 32.3 Å². The normalized spacial score (nSPS) is 10.8. The van der Waals surface area contributed by atoms with E-state index in [0.717, 1.165) is 37.2 Å². The van der Waals surface area contributed by atoms with Crippen LogP contribution in [0.2, 0.25) is 5.02 Å². The number of anilines is 1. The topological polar surface area (TPSA) is 32.3 Å². The minimum Gasteiger partial charge on any atom is -0.325 e. The van der Waals surface area contributed by atoms with E-state index in [9.17, 15) is 4.79 Å². The van der Waals surface area contributed by atoms with E-state index in [1.165, 1.54) is 0 Å². The third-order valence-corrected chi connectivity index (χ3v) is 3.40. The molecule has 1 aromatic carbocycles. The second-order valence-corrected chi connectivity index (χ2v) is 5.14. The Morgan fingerprint density at radius 2 is 1.89 bits per heavy atom. The molecule has 0 saturated heterocycles. The first kappa shape index (κ1) is 16.0. The molecule has 4 heteroatoms. The fourth-order valence-corrected chi connectivity index (χ4v) is 2.21. The molecule has 19 heavy (non-hydrogen) atoms. The van der Waals surface area contributed by atoms with Crippen LogP contribution < -0.4 is 5.32 Å². The second-order valence-electron chi connectivity index (χ2n) is 4.74. The lowest BCUT2D eigenvalue weighted by Crippen LogP contribution is -2.34. The Kier molecular flexibility index (Phi) is 6.89. The second kappa shape index (κ2) is 8.18. The number of carbonyl (C=O) groups is 1. The van der Waals surface area contributed by atoms with Crippen molar-refractivity contribution in [1.29, 1.82) is 0 Å². The number of rotatable bonds is 7. The first-order valence-electron chi connectivity index (χ1n) is 6.85. The zero-order chi connectivity index (χ0) is 14.3. The average Bonchev–Trinajstić information content (AvgIpc) is 2.35. The Bertz CT molecular complexity index is 415. The van der Waals surface area contributed by atoms with Gasteiger partial charge in [-0.2, -0.15) is 0 Å². The molecule has 0 aliphatic heterocycles. The SMILES string of the molecule is CCCN(CCC)CC(=O)Nc1cccc(Cl)c1C. The molecule has 0 radical (unpaired) electrons. The standard InChI is InChI=1S/C15H23ClN2O/c1-4-9-18(10-5-2)11-15(19)17-14-8-6-7-13(16)12(14)3/h6-8H,4-5,9-11H2,1-3H3,(H,17,19). The van der Waals surface area contributed by atoms with Gasteiger partial charge in [0.15, 0.2) is 0 Å². The lowest BCUT2D eigenvalue weighted by Gasteiger charge is -2.20. The van der Waals surface area contributed by atoms with Crippen molar-refractivity contribution in [2.45, 2.75) is 33.6 Å². The van der Waals surface area contributed by atoms with E-state index in [1.54, 1.807) is 0 Å². The number of hydrogen-bond donors (Lipinski definition) is 1. The van der Waals surface area contributed by atoms with E-state index < -0.39 is 0 Å².